The van der Waals surface area contributed by atoms with Gasteiger partial charge in [0, 0.05) is 12.8 Å². The summed E-state index contributed by atoms with van der Waals surface area (Å²) in [6, 6.07) is 0. The molecular weight excluding hydrogens is 88.1 g/mol. The molecule has 0 aromatic heterocycles. The first-order valence-corrected chi connectivity index (χ1v) is 2.17. The Bertz CT molecular complexity index is 103. The summed E-state index contributed by atoms with van der Waals surface area (Å²) < 4.78 is 0. The van der Waals surface area contributed by atoms with E-state index < -0.39 is 0 Å². The Morgan fingerprint density at radius 3 is 1.86 bits per heavy atom. The lowest BCUT2D eigenvalue weighted by Crippen LogP contribution is -2.01. The zero-order valence-electron chi connectivity index (χ0n) is 4.95. The number of hydrogen-bond acceptors (Lipinski definition) is 2. The van der Waals surface area contributed by atoms with Gasteiger partial charge in [-0.25, -0.2) is 0 Å². The van der Waals surface area contributed by atoms with Crippen LogP contribution < -0.4 is 0 Å². The van der Waals surface area contributed by atoms with Crippen LogP contribution in [0.2, 0.25) is 0 Å². The number of aliphatic imine (C=N–C) groups is 1. The van der Waals surface area contributed by atoms with Gasteiger partial charge < -0.3 is 5.41 Å². The lowest BCUT2D eigenvalue weighted by atomic mass is 10.3. The van der Waals surface area contributed by atoms with Crippen LogP contribution in [-0.2, 0) is 0 Å². The molecule has 0 atom stereocenters. The highest BCUT2D eigenvalue weighted by Gasteiger charge is 1.86. The highest BCUT2D eigenvalue weighted by Crippen LogP contribution is 1.74. The molecule has 0 aliphatic rings. The Labute approximate surface area is 43.8 Å². The van der Waals surface area contributed by atoms with Gasteiger partial charge in [-0.3, -0.25) is 4.99 Å². The Hall–Kier alpha value is -0.660. The van der Waals surface area contributed by atoms with Crippen molar-refractivity contribution < 1.29 is 0 Å². The molecule has 40 valence electrons. The fourth-order valence-electron chi connectivity index (χ4n) is 0.168. The molecule has 0 saturated heterocycles. The maximum Gasteiger partial charge on any atom is 0.0518 e. The number of rotatable bonds is 1. The maximum atomic E-state index is 6.97. The van der Waals surface area contributed by atoms with E-state index in [1.165, 1.54) is 0 Å². The predicted molar refractivity (Wildman–Crippen MR) is 32.4 cm³/mol. The van der Waals surface area contributed by atoms with E-state index in [-0.39, 0.29) is 0 Å². The average molecular weight is 98.1 g/mol. The molecule has 0 heterocycles. The fourth-order valence-corrected chi connectivity index (χ4v) is 0.168. The van der Waals surface area contributed by atoms with Crippen molar-refractivity contribution in [1.29, 1.82) is 5.41 Å². The maximum absolute atomic E-state index is 6.97. The molecule has 0 aliphatic carbocycles. The fraction of sp³-hybridized carbons (Fsp3) is 0.600. The van der Waals surface area contributed by atoms with E-state index in [2.05, 4.69) is 4.99 Å². The first kappa shape index (κ1) is 6.34. The standard InChI is InChI=1S/C5H10N2/c1-4(6)5(2)7-3/h6H,1-3H3. The summed E-state index contributed by atoms with van der Waals surface area (Å²) in [4.78, 5) is 3.78. The lowest BCUT2D eigenvalue weighted by Gasteiger charge is -1.88. The Morgan fingerprint density at radius 2 is 1.86 bits per heavy atom. The van der Waals surface area contributed by atoms with Gasteiger partial charge in [0.05, 0.1) is 5.71 Å². The molecule has 0 rings (SSSR count). The van der Waals surface area contributed by atoms with Gasteiger partial charge in [-0.15, -0.1) is 0 Å². The van der Waals surface area contributed by atoms with Gasteiger partial charge in [-0.05, 0) is 13.8 Å². The van der Waals surface area contributed by atoms with Gasteiger partial charge in [-0.1, -0.05) is 0 Å². The van der Waals surface area contributed by atoms with E-state index in [0.29, 0.717) is 5.71 Å². The molecule has 0 bridgehead atoms. The molecule has 2 heteroatoms. The molecular formula is C5H10N2. The highest BCUT2D eigenvalue weighted by atomic mass is 14.7. The van der Waals surface area contributed by atoms with Crippen LogP contribution >= 0.6 is 0 Å². The summed E-state index contributed by atoms with van der Waals surface area (Å²) in [7, 11) is 1.69. The molecule has 0 aliphatic heterocycles. The quantitative estimate of drug-likeness (QED) is 0.477. The molecule has 0 aromatic rings. The van der Waals surface area contributed by atoms with Gasteiger partial charge in [0.25, 0.3) is 0 Å². The second-order valence-corrected chi connectivity index (χ2v) is 1.43. The molecule has 0 fully saturated rings. The minimum absolute atomic E-state index is 0.544. The van der Waals surface area contributed by atoms with Crippen LogP contribution in [0.15, 0.2) is 4.99 Å². The van der Waals surface area contributed by atoms with Gasteiger partial charge in [0.15, 0.2) is 0 Å². The number of nitrogens with one attached hydrogen (secondary N) is 1. The summed E-state index contributed by atoms with van der Waals surface area (Å²) in [5.74, 6) is 0. The van der Waals surface area contributed by atoms with E-state index in [1.54, 1.807) is 14.0 Å². The third-order valence-electron chi connectivity index (χ3n) is 0.878. The molecule has 0 amide bonds. The van der Waals surface area contributed by atoms with Crippen molar-refractivity contribution in [3.05, 3.63) is 0 Å². The first-order chi connectivity index (χ1) is 3.18. The smallest absolute Gasteiger partial charge is 0.0518 e. The van der Waals surface area contributed by atoms with E-state index >= 15 is 0 Å². The van der Waals surface area contributed by atoms with Crippen LogP contribution in [0.4, 0.5) is 0 Å². The molecule has 0 radical (unpaired) electrons. The largest absolute Gasteiger partial charge is 0.304 e. The molecule has 0 spiro atoms. The van der Waals surface area contributed by atoms with Crippen molar-refractivity contribution in [2.24, 2.45) is 4.99 Å². The third kappa shape index (κ3) is 2.09. The molecule has 1 N–H and O–H groups in total. The summed E-state index contributed by atoms with van der Waals surface area (Å²) in [5.41, 5.74) is 1.35. The van der Waals surface area contributed by atoms with Crippen molar-refractivity contribution in [3.63, 3.8) is 0 Å². The van der Waals surface area contributed by atoms with Crippen LogP contribution in [-0.4, -0.2) is 18.5 Å². The highest BCUT2D eigenvalue weighted by molar-refractivity contribution is 6.39. The lowest BCUT2D eigenvalue weighted by molar-refractivity contribution is 1.41. The summed E-state index contributed by atoms with van der Waals surface area (Å²) in [6.07, 6.45) is 0. The average Bonchev–Trinajstić information content (AvgIpc) is 1.65. The van der Waals surface area contributed by atoms with Crippen molar-refractivity contribution >= 4 is 11.4 Å². The third-order valence-corrected chi connectivity index (χ3v) is 0.878. The van der Waals surface area contributed by atoms with Crippen LogP contribution in [0.3, 0.4) is 0 Å². The van der Waals surface area contributed by atoms with Gasteiger partial charge in [-0.2, -0.15) is 0 Å². The minimum atomic E-state index is 0.544. The monoisotopic (exact) mass is 98.1 g/mol. The van der Waals surface area contributed by atoms with Gasteiger partial charge in [0.2, 0.25) is 0 Å². The van der Waals surface area contributed by atoms with E-state index in [9.17, 15) is 0 Å². The Morgan fingerprint density at radius 1 is 1.43 bits per heavy atom. The molecule has 0 aromatic carbocycles. The number of hydrogen-bond donors (Lipinski definition) is 1. The predicted octanol–water partition coefficient (Wildman–Crippen LogP) is 1.12. The number of nitrogens with zero attached hydrogens (tertiary/aromatic N) is 1. The van der Waals surface area contributed by atoms with Crippen LogP contribution in [0.25, 0.3) is 0 Å². The van der Waals surface area contributed by atoms with Crippen LogP contribution in [0.1, 0.15) is 13.8 Å². The second-order valence-electron chi connectivity index (χ2n) is 1.43. The Kier molecular flexibility index (Phi) is 2.27. The van der Waals surface area contributed by atoms with Gasteiger partial charge >= 0.3 is 0 Å². The SMILES string of the molecule is CN=C(C)C(C)=N. The van der Waals surface area contributed by atoms with Crippen LogP contribution in [0.5, 0.6) is 0 Å². The topological polar surface area (TPSA) is 36.2 Å². The van der Waals surface area contributed by atoms with Crippen molar-refractivity contribution in [2.75, 3.05) is 7.05 Å². The van der Waals surface area contributed by atoms with E-state index in [0.717, 1.165) is 5.71 Å². The molecule has 0 saturated carbocycles. The summed E-state index contributed by atoms with van der Waals surface area (Å²) in [5, 5.41) is 6.97. The van der Waals surface area contributed by atoms with E-state index in [4.69, 9.17) is 5.41 Å². The zero-order chi connectivity index (χ0) is 5.86. The summed E-state index contributed by atoms with van der Waals surface area (Å²) >= 11 is 0. The zero-order valence-corrected chi connectivity index (χ0v) is 4.95. The Balaban J connectivity index is 3.82. The van der Waals surface area contributed by atoms with Crippen molar-refractivity contribution in [2.45, 2.75) is 13.8 Å². The summed E-state index contributed by atoms with van der Waals surface area (Å²) in [6.45, 7) is 3.55. The van der Waals surface area contributed by atoms with Gasteiger partial charge in [0.1, 0.15) is 0 Å². The molecule has 7 heavy (non-hydrogen) atoms. The molecule has 2 nitrogen and oxygen atoms in total. The first-order valence-electron chi connectivity index (χ1n) is 2.17. The van der Waals surface area contributed by atoms with Crippen molar-refractivity contribution in [3.8, 4) is 0 Å². The minimum Gasteiger partial charge on any atom is -0.304 e. The van der Waals surface area contributed by atoms with E-state index in [1.807, 2.05) is 6.92 Å². The van der Waals surface area contributed by atoms with Crippen molar-refractivity contribution in [1.82, 2.24) is 0 Å². The second kappa shape index (κ2) is 2.50. The normalized spacial score (nSPS) is 11.6. The van der Waals surface area contributed by atoms with Crippen LogP contribution in [0, 0.1) is 5.41 Å². The molecule has 0 unspecified atom stereocenters.